The van der Waals surface area contributed by atoms with Crippen LogP contribution in [0, 0.1) is 0 Å². The summed E-state index contributed by atoms with van der Waals surface area (Å²) < 4.78 is 0. The van der Waals surface area contributed by atoms with E-state index in [-0.39, 0.29) is 7.92 Å². The third kappa shape index (κ3) is 6.03. The zero-order chi connectivity index (χ0) is 16.1. The first-order chi connectivity index (χ1) is 9.03. The Morgan fingerprint density at radius 3 is 1.45 bits per heavy atom. The molecular formula is C16H28ClNPPd. The van der Waals surface area contributed by atoms with Crippen LogP contribution in [0.25, 0.3) is 0 Å². The molecule has 0 aromatic heterocycles. The molecule has 0 atom stereocenters. The third-order valence-corrected chi connectivity index (χ3v) is 6.46. The molecule has 0 amide bonds. The number of benzene rings is 1. The van der Waals surface area contributed by atoms with E-state index in [0.29, 0.717) is 10.3 Å². The minimum atomic E-state index is -0.188. The molecule has 1 aromatic rings. The molecule has 1 nitrogen and oxygen atoms in total. The number of nitrogens with zero attached hydrogens (tertiary/aromatic N) is 1. The van der Waals surface area contributed by atoms with Crippen molar-refractivity contribution in [3.05, 3.63) is 24.3 Å². The van der Waals surface area contributed by atoms with Crippen LogP contribution in [0.2, 0.25) is 0 Å². The van der Waals surface area contributed by atoms with Gasteiger partial charge < -0.3 is 4.90 Å². The molecule has 0 heterocycles. The number of hydrogen-bond acceptors (Lipinski definition) is 1. The van der Waals surface area contributed by atoms with E-state index < -0.39 is 0 Å². The van der Waals surface area contributed by atoms with Gasteiger partial charge in [0.25, 0.3) is 0 Å². The van der Waals surface area contributed by atoms with Crippen molar-refractivity contribution in [2.45, 2.75) is 51.9 Å². The summed E-state index contributed by atoms with van der Waals surface area (Å²) in [6.45, 7) is 14.2. The van der Waals surface area contributed by atoms with Gasteiger partial charge in [-0.3, -0.25) is 0 Å². The van der Waals surface area contributed by atoms with Gasteiger partial charge in [0.2, 0.25) is 0 Å². The Hall–Kier alpha value is 0.402. The van der Waals surface area contributed by atoms with Gasteiger partial charge in [-0.2, -0.15) is 0 Å². The summed E-state index contributed by atoms with van der Waals surface area (Å²) in [7, 11) is 8.48. The monoisotopic (exact) mass is 406 g/mol. The van der Waals surface area contributed by atoms with E-state index in [1.807, 2.05) is 0 Å². The fourth-order valence-electron chi connectivity index (χ4n) is 2.68. The van der Waals surface area contributed by atoms with E-state index >= 15 is 0 Å². The van der Waals surface area contributed by atoms with Gasteiger partial charge in [0, 0.05) is 19.8 Å². The van der Waals surface area contributed by atoms with Crippen molar-refractivity contribution in [2.24, 2.45) is 0 Å². The first kappa shape index (κ1) is 20.4. The number of halogens is 1. The van der Waals surface area contributed by atoms with Gasteiger partial charge in [-0.15, -0.1) is 0 Å². The van der Waals surface area contributed by atoms with E-state index in [1.165, 1.54) is 11.0 Å². The number of rotatable bonds is 2. The van der Waals surface area contributed by atoms with Crippen LogP contribution in [0.3, 0.4) is 0 Å². The molecular weight excluding hydrogens is 379 g/mol. The molecule has 1 rings (SSSR count). The summed E-state index contributed by atoms with van der Waals surface area (Å²) in [6.07, 6.45) is 0. The van der Waals surface area contributed by atoms with Crippen molar-refractivity contribution < 1.29 is 18.2 Å². The molecule has 0 aliphatic carbocycles. The molecule has 0 bridgehead atoms. The summed E-state index contributed by atoms with van der Waals surface area (Å²) >= 11 is 2.22. The van der Waals surface area contributed by atoms with Gasteiger partial charge in [0.15, 0.2) is 0 Å². The maximum atomic E-state index is 4.49. The topological polar surface area (TPSA) is 3.24 Å². The van der Waals surface area contributed by atoms with Crippen molar-refractivity contribution >= 4 is 28.4 Å². The molecule has 0 spiro atoms. The first-order valence-electron chi connectivity index (χ1n) is 6.73. The second-order valence-corrected chi connectivity index (χ2v) is 11.0. The SMILES string of the molecule is CN(C)c1ccc(P(C(C)(C)C)C(C)(C)C)cc1.[Cl][Pd]. The van der Waals surface area contributed by atoms with E-state index in [0.717, 1.165) is 0 Å². The summed E-state index contributed by atoms with van der Waals surface area (Å²) in [5, 5.41) is 2.19. The van der Waals surface area contributed by atoms with Crippen LogP contribution in [0.4, 0.5) is 5.69 Å². The van der Waals surface area contributed by atoms with Gasteiger partial charge in [-0.25, -0.2) is 0 Å². The molecule has 1 aromatic carbocycles. The van der Waals surface area contributed by atoms with Gasteiger partial charge >= 0.3 is 27.7 Å². The van der Waals surface area contributed by atoms with Crippen LogP contribution in [-0.4, -0.2) is 24.4 Å². The molecule has 0 aliphatic heterocycles. The second-order valence-electron chi connectivity index (χ2n) is 7.09. The molecule has 0 unspecified atom stereocenters. The fourth-order valence-corrected chi connectivity index (χ4v) is 6.69. The standard InChI is InChI=1S/C16H28NP.ClH.Pd/c1-15(2,3)18(16(4,5)6)14-11-9-13(10-12-14)17(7)8;;/h9-12H,1-8H3;1H;/q;;+1/p-1. The van der Waals surface area contributed by atoms with Crippen LogP contribution >= 0.6 is 17.5 Å². The normalized spacial score (nSPS) is 12.0. The average molecular weight is 407 g/mol. The Balaban J connectivity index is 0.00000172. The van der Waals surface area contributed by atoms with Gasteiger partial charge in [-0.1, -0.05) is 61.6 Å². The first-order valence-corrected chi connectivity index (χ1v) is 10.1. The molecule has 0 radical (unpaired) electrons. The van der Waals surface area contributed by atoms with Crippen molar-refractivity contribution in [2.75, 3.05) is 19.0 Å². The maximum absolute atomic E-state index is 4.49. The molecule has 0 N–H and O–H groups in total. The summed E-state index contributed by atoms with van der Waals surface area (Å²) in [5.74, 6) is 0. The molecule has 0 fully saturated rings. The van der Waals surface area contributed by atoms with Crippen LogP contribution in [0.5, 0.6) is 0 Å². The summed E-state index contributed by atoms with van der Waals surface area (Å²) in [4.78, 5) is 2.15. The van der Waals surface area contributed by atoms with Crippen molar-refractivity contribution in [3.8, 4) is 0 Å². The Kier molecular flexibility index (Phi) is 8.31. The van der Waals surface area contributed by atoms with Crippen LogP contribution in [-0.2, 0) is 18.2 Å². The van der Waals surface area contributed by atoms with Crippen LogP contribution < -0.4 is 10.2 Å². The number of anilines is 1. The van der Waals surface area contributed by atoms with E-state index in [4.69, 9.17) is 0 Å². The molecule has 4 heteroatoms. The molecule has 0 aliphatic rings. The fraction of sp³-hybridized carbons (Fsp3) is 0.625. The second kappa shape index (κ2) is 8.15. The molecule has 119 valence electrons. The van der Waals surface area contributed by atoms with Crippen molar-refractivity contribution in [1.29, 1.82) is 0 Å². The average Bonchev–Trinajstić information content (AvgIpc) is 2.28. The van der Waals surface area contributed by atoms with Crippen LogP contribution in [0.15, 0.2) is 24.3 Å². The Morgan fingerprint density at radius 1 is 0.850 bits per heavy atom. The summed E-state index contributed by atoms with van der Waals surface area (Å²) in [6, 6.07) is 9.11. The predicted octanol–water partition coefficient (Wildman–Crippen LogP) is 5.14. The van der Waals surface area contributed by atoms with Crippen molar-refractivity contribution in [3.63, 3.8) is 0 Å². The van der Waals surface area contributed by atoms with E-state index in [9.17, 15) is 0 Å². The quantitative estimate of drug-likeness (QED) is 0.485. The predicted molar refractivity (Wildman–Crippen MR) is 92.7 cm³/mol. The Labute approximate surface area is 141 Å². The van der Waals surface area contributed by atoms with Crippen LogP contribution in [0.1, 0.15) is 41.5 Å². The van der Waals surface area contributed by atoms with Gasteiger partial charge in [0.1, 0.15) is 0 Å². The van der Waals surface area contributed by atoms with E-state index in [1.54, 1.807) is 0 Å². The Morgan fingerprint density at radius 2 is 1.20 bits per heavy atom. The Bertz CT molecular complexity index is 376. The van der Waals surface area contributed by atoms with Gasteiger partial charge in [-0.05, 0) is 27.7 Å². The molecule has 0 saturated heterocycles. The zero-order valence-electron chi connectivity index (χ0n) is 13.9. The molecule has 20 heavy (non-hydrogen) atoms. The van der Waals surface area contributed by atoms with Crippen molar-refractivity contribution in [1.82, 2.24) is 0 Å². The minimum absolute atomic E-state index is 0.188. The van der Waals surface area contributed by atoms with E-state index in [2.05, 4.69) is 113 Å². The zero-order valence-corrected chi connectivity index (χ0v) is 17.1. The third-order valence-electron chi connectivity index (χ3n) is 2.97. The molecule has 0 saturated carbocycles. The van der Waals surface area contributed by atoms with Gasteiger partial charge in [0.05, 0.1) is 0 Å². The summed E-state index contributed by atoms with van der Waals surface area (Å²) in [5.41, 5.74) is 1.27. The number of hydrogen-bond donors (Lipinski definition) is 0.